The second-order valence-corrected chi connectivity index (χ2v) is 5.67. The van der Waals surface area contributed by atoms with Crippen LogP contribution in [-0.4, -0.2) is 57.0 Å². The van der Waals surface area contributed by atoms with E-state index in [0.717, 1.165) is 32.6 Å². The predicted molar refractivity (Wildman–Crippen MR) is 79.3 cm³/mol. The summed E-state index contributed by atoms with van der Waals surface area (Å²) in [6.07, 6.45) is 4.87. The van der Waals surface area contributed by atoms with Crippen LogP contribution in [0.15, 0.2) is 0 Å². The molecule has 0 radical (unpaired) electrons. The van der Waals surface area contributed by atoms with Crippen molar-refractivity contribution in [2.45, 2.75) is 51.1 Å². The van der Waals surface area contributed by atoms with Gasteiger partial charge in [0.15, 0.2) is 0 Å². The first-order chi connectivity index (χ1) is 9.19. The Balaban J connectivity index is 2.93. The highest BCUT2D eigenvalue weighted by atomic mass is 16.5. The van der Waals surface area contributed by atoms with E-state index in [4.69, 9.17) is 15.2 Å². The maximum absolute atomic E-state index is 6.19. The van der Waals surface area contributed by atoms with Gasteiger partial charge in [0.05, 0.1) is 18.8 Å². The second-order valence-electron chi connectivity index (χ2n) is 5.67. The molecule has 0 bridgehead atoms. The van der Waals surface area contributed by atoms with Gasteiger partial charge in [-0.3, -0.25) is 4.90 Å². The quantitative estimate of drug-likeness (QED) is 0.624. The highest BCUT2D eigenvalue weighted by Crippen LogP contribution is 2.44. The molecule has 1 atom stereocenters. The summed E-state index contributed by atoms with van der Waals surface area (Å²) in [6, 6.07) is 0.564. The zero-order valence-corrected chi connectivity index (χ0v) is 13.2. The van der Waals surface area contributed by atoms with Crippen LogP contribution >= 0.6 is 0 Å². The third-order valence-electron chi connectivity index (χ3n) is 4.58. The highest BCUT2D eigenvalue weighted by molar-refractivity contribution is 5.05. The maximum Gasteiger partial charge on any atom is 0.0661 e. The van der Waals surface area contributed by atoms with Crippen LogP contribution in [0.3, 0.4) is 0 Å². The lowest BCUT2D eigenvalue weighted by Crippen LogP contribution is -2.62. The SMILES string of the molecule is CCC(CC)N(CCOC)C(CN)(COC)C1CC1. The molecule has 0 saturated heterocycles. The molecule has 2 N–H and O–H groups in total. The van der Waals surface area contributed by atoms with Crippen LogP contribution in [0.1, 0.15) is 39.5 Å². The number of hydrogen-bond donors (Lipinski definition) is 1. The van der Waals surface area contributed by atoms with Crippen molar-refractivity contribution in [1.29, 1.82) is 0 Å². The minimum absolute atomic E-state index is 0.00394. The van der Waals surface area contributed by atoms with Crippen molar-refractivity contribution in [3.05, 3.63) is 0 Å². The number of methoxy groups -OCH3 is 2. The average Bonchev–Trinajstić information content (AvgIpc) is 3.26. The van der Waals surface area contributed by atoms with Gasteiger partial charge in [-0.25, -0.2) is 0 Å². The number of nitrogens with zero attached hydrogens (tertiary/aromatic N) is 1. The van der Waals surface area contributed by atoms with E-state index in [1.165, 1.54) is 12.8 Å². The number of hydrogen-bond acceptors (Lipinski definition) is 4. The minimum Gasteiger partial charge on any atom is -0.383 e. The first-order valence-electron chi connectivity index (χ1n) is 7.64. The normalized spacial score (nSPS) is 19.1. The summed E-state index contributed by atoms with van der Waals surface area (Å²) >= 11 is 0. The Kier molecular flexibility index (Phi) is 7.29. The molecule has 1 aliphatic rings. The largest absolute Gasteiger partial charge is 0.383 e. The smallest absolute Gasteiger partial charge is 0.0661 e. The Bertz CT molecular complexity index is 242. The first-order valence-corrected chi connectivity index (χ1v) is 7.64. The van der Waals surface area contributed by atoms with Gasteiger partial charge in [0.1, 0.15) is 0 Å². The average molecular weight is 272 g/mol. The molecule has 0 heterocycles. The molecule has 0 aromatic carbocycles. The fourth-order valence-corrected chi connectivity index (χ4v) is 3.34. The van der Waals surface area contributed by atoms with E-state index in [2.05, 4.69) is 18.7 Å². The van der Waals surface area contributed by atoms with Crippen molar-refractivity contribution in [1.82, 2.24) is 4.90 Å². The van der Waals surface area contributed by atoms with Crippen LogP contribution in [-0.2, 0) is 9.47 Å². The van der Waals surface area contributed by atoms with Gasteiger partial charge >= 0.3 is 0 Å². The Morgan fingerprint density at radius 1 is 1.21 bits per heavy atom. The number of rotatable bonds is 11. The van der Waals surface area contributed by atoms with Crippen LogP contribution in [0.2, 0.25) is 0 Å². The summed E-state index contributed by atoms with van der Waals surface area (Å²) in [4.78, 5) is 2.58. The molecule has 0 spiro atoms. The van der Waals surface area contributed by atoms with Crippen molar-refractivity contribution in [3.63, 3.8) is 0 Å². The van der Waals surface area contributed by atoms with E-state index in [0.29, 0.717) is 18.5 Å². The van der Waals surface area contributed by atoms with Crippen molar-refractivity contribution in [2.24, 2.45) is 11.7 Å². The molecule has 1 unspecified atom stereocenters. The van der Waals surface area contributed by atoms with E-state index in [1.807, 2.05) is 0 Å². The van der Waals surface area contributed by atoms with Crippen molar-refractivity contribution >= 4 is 0 Å². The van der Waals surface area contributed by atoms with Gasteiger partial charge in [-0.05, 0) is 31.6 Å². The summed E-state index contributed by atoms with van der Waals surface area (Å²) in [5, 5.41) is 0. The lowest BCUT2D eigenvalue weighted by Gasteiger charge is -2.47. The van der Waals surface area contributed by atoms with Gasteiger partial charge in [-0.15, -0.1) is 0 Å². The fraction of sp³-hybridized carbons (Fsp3) is 1.00. The van der Waals surface area contributed by atoms with E-state index < -0.39 is 0 Å². The molecule has 1 aliphatic carbocycles. The monoisotopic (exact) mass is 272 g/mol. The van der Waals surface area contributed by atoms with Crippen LogP contribution in [0.4, 0.5) is 0 Å². The Labute approximate surface area is 118 Å². The molecular weight excluding hydrogens is 240 g/mol. The summed E-state index contributed by atoms with van der Waals surface area (Å²) in [7, 11) is 3.55. The lowest BCUT2D eigenvalue weighted by atomic mass is 9.88. The second kappa shape index (κ2) is 8.20. The molecule has 1 rings (SSSR count). The van der Waals surface area contributed by atoms with E-state index >= 15 is 0 Å². The van der Waals surface area contributed by atoms with Crippen LogP contribution in [0, 0.1) is 5.92 Å². The number of nitrogens with two attached hydrogens (primary N) is 1. The predicted octanol–water partition coefficient (Wildman–Crippen LogP) is 1.88. The molecule has 4 nitrogen and oxygen atoms in total. The van der Waals surface area contributed by atoms with Gasteiger partial charge in [0, 0.05) is 33.4 Å². The fourth-order valence-electron chi connectivity index (χ4n) is 3.34. The zero-order chi connectivity index (χ0) is 14.3. The molecule has 0 aromatic rings. The van der Waals surface area contributed by atoms with Crippen molar-refractivity contribution in [3.8, 4) is 0 Å². The third kappa shape index (κ3) is 3.91. The van der Waals surface area contributed by atoms with Gasteiger partial charge in [0.25, 0.3) is 0 Å². The molecule has 114 valence electrons. The van der Waals surface area contributed by atoms with E-state index in [1.54, 1.807) is 14.2 Å². The summed E-state index contributed by atoms with van der Waals surface area (Å²) < 4.78 is 10.8. The first kappa shape index (κ1) is 16.9. The van der Waals surface area contributed by atoms with Crippen LogP contribution in [0.25, 0.3) is 0 Å². The van der Waals surface area contributed by atoms with E-state index in [9.17, 15) is 0 Å². The van der Waals surface area contributed by atoms with Crippen LogP contribution in [0.5, 0.6) is 0 Å². The van der Waals surface area contributed by atoms with Gasteiger partial charge in [-0.2, -0.15) is 0 Å². The molecule has 0 amide bonds. The molecular formula is C15H32N2O2. The summed E-state index contributed by atoms with van der Waals surface area (Å²) in [5.74, 6) is 0.690. The number of ether oxygens (including phenoxy) is 2. The minimum atomic E-state index is 0.00394. The van der Waals surface area contributed by atoms with Gasteiger partial charge < -0.3 is 15.2 Å². The molecule has 0 aromatic heterocycles. The van der Waals surface area contributed by atoms with E-state index in [-0.39, 0.29) is 5.54 Å². The Morgan fingerprint density at radius 3 is 2.21 bits per heavy atom. The zero-order valence-electron chi connectivity index (χ0n) is 13.2. The maximum atomic E-state index is 6.19. The Hall–Kier alpha value is -0.160. The third-order valence-corrected chi connectivity index (χ3v) is 4.58. The Morgan fingerprint density at radius 2 is 1.84 bits per heavy atom. The topological polar surface area (TPSA) is 47.7 Å². The molecule has 19 heavy (non-hydrogen) atoms. The molecule has 1 saturated carbocycles. The molecule has 0 aliphatic heterocycles. The summed E-state index contributed by atoms with van der Waals surface area (Å²) in [6.45, 7) is 7.62. The highest BCUT2D eigenvalue weighted by Gasteiger charge is 2.49. The van der Waals surface area contributed by atoms with Crippen molar-refractivity contribution < 1.29 is 9.47 Å². The van der Waals surface area contributed by atoms with Gasteiger partial charge in [0.2, 0.25) is 0 Å². The van der Waals surface area contributed by atoms with Gasteiger partial charge in [-0.1, -0.05) is 13.8 Å². The lowest BCUT2D eigenvalue weighted by molar-refractivity contribution is -0.0398. The molecule has 1 fully saturated rings. The van der Waals surface area contributed by atoms with Crippen LogP contribution < -0.4 is 5.73 Å². The summed E-state index contributed by atoms with van der Waals surface area (Å²) in [5.41, 5.74) is 6.20. The molecule has 4 heteroatoms. The van der Waals surface area contributed by atoms with Crippen molar-refractivity contribution in [2.75, 3.05) is 40.5 Å². The standard InChI is InChI=1S/C15H32N2O2/c1-5-14(6-2)17(9-10-18-3)15(11-16,12-19-4)13-7-8-13/h13-14H,5-12,16H2,1-4H3.